The molecule has 0 atom stereocenters. The molecule has 1 aliphatic heterocycles. The molecular formula is C12H19N3O2S. The third-order valence-electron chi connectivity index (χ3n) is 3.32. The van der Waals surface area contributed by atoms with Crippen LogP contribution in [0, 0.1) is 5.92 Å². The van der Waals surface area contributed by atoms with Crippen molar-refractivity contribution in [2.45, 2.75) is 12.8 Å². The highest BCUT2D eigenvalue weighted by molar-refractivity contribution is 7.90. The minimum atomic E-state index is -2.87. The van der Waals surface area contributed by atoms with E-state index in [0.717, 1.165) is 31.6 Å². The molecule has 0 amide bonds. The number of rotatable bonds is 3. The summed E-state index contributed by atoms with van der Waals surface area (Å²) in [5, 5.41) is 0. The Morgan fingerprint density at radius 3 is 2.67 bits per heavy atom. The van der Waals surface area contributed by atoms with Gasteiger partial charge in [-0.25, -0.2) is 8.42 Å². The van der Waals surface area contributed by atoms with E-state index < -0.39 is 9.84 Å². The molecule has 5 nitrogen and oxygen atoms in total. The lowest BCUT2D eigenvalue weighted by Gasteiger charge is -2.33. The van der Waals surface area contributed by atoms with E-state index in [4.69, 9.17) is 5.73 Å². The molecule has 0 aliphatic carbocycles. The number of nitrogens with zero attached hydrogens (tertiary/aromatic N) is 2. The van der Waals surface area contributed by atoms with Crippen LogP contribution in [0.1, 0.15) is 12.8 Å². The summed E-state index contributed by atoms with van der Waals surface area (Å²) in [5.74, 6) is 0.575. The zero-order chi connectivity index (χ0) is 13.2. The van der Waals surface area contributed by atoms with Gasteiger partial charge in [0.25, 0.3) is 0 Å². The number of nitrogens with two attached hydrogens (primary N) is 1. The number of aromatic nitrogens is 1. The summed E-state index contributed by atoms with van der Waals surface area (Å²) in [5.41, 5.74) is 7.57. The van der Waals surface area contributed by atoms with Crippen molar-refractivity contribution >= 4 is 21.2 Å². The van der Waals surface area contributed by atoms with Crippen LogP contribution in [0.2, 0.25) is 0 Å². The zero-order valence-electron chi connectivity index (χ0n) is 10.5. The zero-order valence-corrected chi connectivity index (χ0v) is 11.4. The van der Waals surface area contributed by atoms with E-state index in [0.29, 0.717) is 11.4 Å². The van der Waals surface area contributed by atoms with Gasteiger partial charge >= 0.3 is 0 Å². The third-order valence-corrected chi connectivity index (χ3v) is 4.40. The molecule has 1 fully saturated rings. The van der Waals surface area contributed by atoms with Crippen LogP contribution in [0.5, 0.6) is 0 Å². The standard InChI is InChI=1S/C12H19N3O2S/c1-18(16,17)9-10-3-6-15(7-4-10)12-2-5-14-8-11(12)13/h2,5,8,10H,3-4,6-7,9,13H2,1H3. The largest absolute Gasteiger partial charge is 0.396 e. The van der Waals surface area contributed by atoms with E-state index in [-0.39, 0.29) is 5.92 Å². The Balaban J connectivity index is 1.97. The highest BCUT2D eigenvalue weighted by Crippen LogP contribution is 2.27. The molecule has 100 valence electrons. The van der Waals surface area contributed by atoms with Gasteiger partial charge in [-0.15, -0.1) is 0 Å². The average Bonchev–Trinajstić information content (AvgIpc) is 2.29. The first-order valence-electron chi connectivity index (χ1n) is 6.08. The fraction of sp³-hybridized carbons (Fsp3) is 0.583. The van der Waals surface area contributed by atoms with Crippen molar-refractivity contribution in [1.82, 2.24) is 4.98 Å². The summed E-state index contributed by atoms with van der Waals surface area (Å²) in [6.45, 7) is 1.71. The number of hydrogen-bond acceptors (Lipinski definition) is 5. The van der Waals surface area contributed by atoms with Crippen LogP contribution in [-0.4, -0.2) is 38.5 Å². The van der Waals surface area contributed by atoms with Gasteiger partial charge in [-0.2, -0.15) is 0 Å². The molecule has 0 saturated carbocycles. The summed E-state index contributed by atoms with van der Waals surface area (Å²) in [6.07, 6.45) is 6.48. The Bertz CT molecular complexity index is 508. The van der Waals surface area contributed by atoms with Crippen LogP contribution >= 0.6 is 0 Å². The second-order valence-electron chi connectivity index (χ2n) is 4.96. The van der Waals surface area contributed by atoms with E-state index >= 15 is 0 Å². The van der Waals surface area contributed by atoms with E-state index in [1.54, 1.807) is 12.4 Å². The molecule has 0 bridgehead atoms. The number of pyridine rings is 1. The summed E-state index contributed by atoms with van der Waals surface area (Å²) in [4.78, 5) is 6.18. The highest BCUT2D eigenvalue weighted by Gasteiger charge is 2.23. The SMILES string of the molecule is CS(=O)(=O)CC1CCN(c2ccncc2N)CC1. The summed E-state index contributed by atoms with van der Waals surface area (Å²) >= 11 is 0. The Hall–Kier alpha value is -1.30. The lowest BCUT2D eigenvalue weighted by Crippen LogP contribution is -2.36. The van der Waals surface area contributed by atoms with Gasteiger partial charge in [-0.05, 0) is 24.8 Å². The van der Waals surface area contributed by atoms with Crippen LogP contribution in [0.3, 0.4) is 0 Å². The van der Waals surface area contributed by atoms with Crippen LogP contribution < -0.4 is 10.6 Å². The first-order chi connectivity index (χ1) is 8.46. The van der Waals surface area contributed by atoms with Crippen LogP contribution in [0.4, 0.5) is 11.4 Å². The summed E-state index contributed by atoms with van der Waals surface area (Å²) in [6, 6.07) is 1.91. The van der Waals surface area contributed by atoms with Crippen LogP contribution in [-0.2, 0) is 9.84 Å². The highest BCUT2D eigenvalue weighted by atomic mass is 32.2. The van der Waals surface area contributed by atoms with Crippen molar-refractivity contribution in [1.29, 1.82) is 0 Å². The van der Waals surface area contributed by atoms with E-state index in [2.05, 4.69) is 9.88 Å². The Morgan fingerprint density at radius 1 is 1.44 bits per heavy atom. The van der Waals surface area contributed by atoms with Crippen molar-refractivity contribution in [2.24, 2.45) is 5.92 Å². The number of sulfone groups is 1. The molecule has 0 unspecified atom stereocenters. The molecule has 0 spiro atoms. The second-order valence-corrected chi connectivity index (χ2v) is 7.14. The van der Waals surface area contributed by atoms with Gasteiger partial charge in [0.1, 0.15) is 9.84 Å². The van der Waals surface area contributed by atoms with Crippen molar-refractivity contribution in [3.8, 4) is 0 Å². The van der Waals surface area contributed by atoms with Crippen molar-refractivity contribution < 1.29 is 8.42 Å². The van der Waals surface area contributed by atoms with Gasteiger partial charge in [-0.3, -0.25) is 4.98 Å². The first-order valence-corrected chi connectivity index (χ1v) is 8.14. The van der Waals surface area contributed by atoms with Gasteiger partial charge in [0.15, 0.2) is 0 Å². The van der Waals surface area contributed by atoms with Crippen molar-refractivity contribution in [2.75, 3.05) is 35.7 Å². The van der Waals surface area contributed by atoms with Gasteiger partial charge in [0.2, 0.25) is 0 Å². The number of nitrogen functional groups attached to an aromatic ring is 1. The molecule has 1 aromatic rings. The fourth-order valence-corrected chi connectivity index (χ4v) is 3.65. The molecule has 2 heterocycles. The molecule has 2 N–H and O–H groups in total. The Labute approximate surface area is 108 Å². The predicted octanol–water partition coefficient (Wildman–Crippen LogP) is 0.925. The molecule has 1 aromatic heterocycles. The van der Waals surface area contributed by atoms with Gasteiger partial charge in [-0.1, -0.05) is 0 Å². The molecule has 0 aromatic carbocycles. The van der Waals surface area contributed by atoms with Crippen molar-refractivity contribution in [3.63, 3.8) is 0 Å². The van der Waals surface area contributed by atoms with Crippen LogP contribution in [0.15, 0.2) is 18.5 Å². The normalized spacial score (nSPS) is 17.9. The number of anilines is 2. The van der Waals surface area contributed by atoms with Gasteiger partial charge < -0.3 is 10.6 Å². The molecule has 1 aliphatic rings. The Morgan fingerprint density at radius 2 is 2.11 bits per heavy atom. The minimum absolute atomic E-state index is 0.277. The lowest BCUT2D eigenvalue weighted by molar-refractivity contribution is 0.436. The maximum atomic E-state index is 11.3. The molecule has 18 heavy (non-hydrogen) atoms. The monoisotopic (exact) mass is 269 g/mol. The summed E-state index contributed by atoms with van der Waals surface area (Å²) < 4.78 is 22.5. The number of piperidine rings is 1. The maximum Gasteiger partial charge on any atom is 0.147 e. The minimum Gasteiger partial charge on any atom is -0.396 e. The molecular weight excluding hydrogens is 250 g/mol. The third kappa shape index (κ3) is 3.35. The molecule has 0 radical (unpaired) electrons. The van der Waals surface area contributed by atoms with Crippen molar-refractivity contribution in [3.05, 3.63) is 18.5 Å². The summed E-state index contributed by atoms with van der Waals surface area (Å²) in [7, 11) is -2.87. The number of hydrogen-bond donors (Lipinski definition) is 1. The molecule has 6 heteroatoms. The second kappa shape index (κ2) is 5.14. The maximum absolute atomic E-state index is 11.3. The quantitative estimate of drug-likeness (QED) is 0.883. The predicted molar refractivity (Wildman–Crippen MR) is 73.3 cm³/mol. The fourth-order valence-electron chi connectivity index (χ4n) is 2.46. The van der Waals surface area contributed by atoms with Crippen LogP contribution in [0.25, 0.3) is 0 Å². The topological polar surface area (TPSA) is 76.3 Å². The van der Waals surface area contributed by atoms with Gasteiger partial charge in [0, 0.05) is 25.5 Å². The average molecular weight is 269 g/mol. The van der Waals surface area contributed by atoms with Gasteiger partial charge in [0.05, 0.1) is 23.3 Å². The van der Waals surface area contributed by atoms with E-state index in [9.17, 15) is 8.42 Å². The lowest BCUT2D eigenvalue weighted by atomic mass is 9.98. The van der Waals surface area contributed by atoms with E-state index in [1.807, 2.05) is 6.07 Å². The first kappa shape index (κ1) is 13.1. The molecule has 1 saturated heterocycles. The van der Waals surface area contributed by atoms with E-state index in [1.165, 1.54) is 6.26 Å². The Kier molecular flexibility index (Phi) is 3.75. The smallest absolute Gasteiger partial charge is 0.147 e. The molecule has 2 rings (SSSR count).